The third-order valence-corrected chi connectivity index (χ3v) is 3.94. The highest BCUT2D eigenvalue weighted by Gasteiger charge is 2.13. The molecule has 0 saturated heterocycles. The molecule has 3 rings (SSSR count). The average molecular weight is 347 g/mol. The third kappa shape index (κ3) is 4.45. The van der Waals surface area contributed by atoms with Crippen molar-refractivity contribution in [3.8, 4) is 11.5 Å². The highest BCUT2D eigenvalue weighted by molar-refractivity contribution is 5.93. The van der Waals surface area contributed by atoms with Crippen LogP contribution in [0.5, 0.6) is 11.5 Å². The van der Waals surface area contributed by atoms with Gasteiger partial charge in [-0.25, -0.2) is 9.97 Å². The maximum Gasteiger partial charge on any atom is 0.257 e. The van der Waals surface area contributed by atoms with Crippen molar-refractivity contribution in [1.29, 1.82) is 0 Å². The molecule has 0 unspecified atom stereocenters. The Morgan fingerprint density at radius 2 is 1.58 bits per heavy atom. The molecular formula is C21H21N3O2. The molecule has 2 aromatic carbocycles. The summed E-state index contributed by atoms with van der Waals surface area (Å²) in [7, 11) is 1.77. The van der Waals surface area contributed by atoms with Gasteiger partial charge in [0, 0.05) is 32.4 Å². The van der Waals surface area contributed by atoms with Gasteiger partial charge in [-0.2, -0.15) is 0 Å². The van der Waals surface area contributed by atoms with Gasteiger partial charge in [0.25, 0.3) is 5.91 Å². The topological polar surface area (TPSA) is 55.3 Å². The first-order valence-corrected chi connectivity index (χ1v) is 8.54. The predicted octanol–water partition coefficient (Wildman–Crippen LogP) is 4.10. The monoisotopic (exact) mass is 347 g/mol. The SMILES string of the molecule is CCc1ncc(C(=O)N(C)Cc2ccc(Oc3ccccc3)cc2)cn1. The van der Waals surface area contributed by atoms with E-state index in [0.29, 0.717) is 12.1 Å². The van der Waals surface area contributed by atoms with E-state index < -0.39 is 0 Å². The number of para-hydroxylation sites is 1. The van der Waals surface area contributed by atoms with Crippen molar-refractivity contribution < 1.29 is 9.53 Å². The van der Waals surface area contributed by atoms with E-state index in [9.17, 15) is 4.79 Å². The van der Waals surface area contributed by atoms with Crippen LogP contribution in [0.2, 0.25) is 0 Å². The summed E-state index contributed by atoms with van der Waals surface area (Å²) in [5, 5.41) is 0. The number of benzene rings is 2. The van der Waals surface area contributed by atoms with Gasteiger partial charge in [-0.3, -0.25) is 4.79 Å². The van der Waals surface area contributed by atoms with Crippen LogP contribution in [0.25, 0.3) is 0 Å². The second-order valence-corrected chi connectivity index (χ2v) is 5.96. The summed E-state index contributed by atoms with van der Waals surface area (Å²) in [5.41, 5.74) is 1.51. The average Bonchev–Trinajstić information content (AvgIpc) is 2.70. The van der Waals surface area contributed by atoms with E-state index in [1.807, 2.05) is 61.5 Å². The normalized spacial score (nSPS) is 10.4. The number of aromatic nitrogens is 2. The van der Waals surface area contributed by atoms with Crippen molar-refractivity contribution in [1.82, 2.24) is 14.9 Å². The molecule has 0 saturated carbocycles. The Morgan fingerprint density at radius 3 is 2.19 bits per heavy atom. The first-order chi connectivity index (χ1) is 12.7. The molecule has 1 heterocycles. The number of amides is 1. The van der Waals surface area contributed by atoms with E-state index in [0.717, 1.165) is 29.3 Å². The molecule has 3 aromatic rings. The van der Waals surface area contributed by atoms with Gasteiger partial charge in [0.2, 0.25) is 0 Å². The second-order valence-electron chi connectivity index (χ2n) is 5.96. The van der Waals surface area contributed by atoms with Gasteiger partial charge < -0.3 is 9.64 Å². The fraction of sp³-hybridized carbons (Fsp3) is 0.190. The van der Waals surface area contributed by atoms with Gasteiger partial charge in [-0.05, 0) is 29.8 Å². The number of hydrogen-bond donors (Lipinski definition) is 0. The molecule has 5 nitrogen and oxygen atoms in total. The molecule has 0 fully saturated rings. The summed E-state index contributed by atoms with van der Waals surface area (Å²) in [5.74, 6) is 2.19. The van der Waals surface area contributed by atoms with Crippen molar-refractivity contribution in [2.45, 2.75) is 19.9 Å². The van der Waals surface area contributed by atoms with Crippen LogP contribution in [0.4, 0.5) is 0 Å². The van der Waals surface area contributed by atoms with E-state index in [1.54, 1.807) is 24.3 Å². The summed E-state index contributed by atoms with van der Waals surface area (Å²) in [6.45, 7) is 2.48. The third-order valence-electron chi connectivity index (χ3n) is 3.94. The van der Waals surface area contributed by atoms with Crippen LogP contribution in [0, 0.1) is 0 Å². The highest BCUT2D eigenvalue weighted by atomic mass is 16.5. The number of ether oxygens (including phenoxy) is 1. The van der Waals surface area contributed by atoms with Crippen LogP contribution >= 0.6 is 0 Å². The number of nitrogens with zero attached hydrogens (tertiary/aromatic N) is 3. The summed E-state index contributed by atoms with van der Waals surface area (Å²) in [6.07, 6.45) is 3.92. The lowest BCUT2D eigenvalue weighted by Gasteiger charge is -2.17. The molecule has 1 amide bonds. The van der Waals surface area contributed by atoms with Gasteiger partial charge in [-0.15, -0.1) is 0 Å². The Morgan fingerprint density at radius 1 is 0.962 bits per heavy atom. The van der Waals surface area contributed by atoms with Crippen molar-refractivity contribution in [2.24, 2.45) is 0 Å². The zero-order valence-electron chi connectivity index (χ0n) is 14.9. The molecule has 26 heavy (non-hydrogen) atoms. The van der Waals surface area contributed by atoms with Crippen LogP contribution < -0.4 is 4.74 Å². The Hall–Kier alpha value is -3.21. The molecule has 0 bridgehead atoms. The maximum atomic E-state index is 12.5. The lowest BCUT2D eigenvalue weighted by atomic mass is 10.2. The molecule has 0 radical (unpaired) electrons. The Kier molecular flexibility index (Phi) is 5.59. The zero-order chi connectivity index (χ0) is 18.4. The van der Waals surface area contributed by atoms with E-state index in [2.05, 4.69) is 9.97 Å². The van der Waals surface area contributed by atoms with Gasteiger partial charge in [0.1, 0.15) is 17.3 Å². The summed E-state index contributed by atoms with van der Waals surface area (Å²) < 4.78 is 5.78. The number of hydrogen-bond acceptors (Lipinski definition) is 4. The molecule has 1 aromatic heterocycles. The highest BCUT2D eigenvalue weighted by Crippen LogP contribution is 2.21. The molecular weight excluding hydrogens is 326 g/mol. The molecule has 0 atom stereocenters. The Balaban J connectivity index is 1.61. The smallest absolute Gasteiger partial charge is 0.257 e. The van der Waals surface area contributed by atoms with Crippen LogP contribution in [-0.4, -0.2) is 27.8 Å². The predicted molar refractivity (Wildman–Crippen MR) is 100 cm³/mol. The maximum absolute atomic E-state index is 12.5. The quantitative estimate of drug-likeness (QED) is 0.673. The largest absolute Gasteiger partial charge is 0.457 e. The van der Waals surface area contributed by atoms with Gasteiger partial charge in [0.15, 0.2) is 0 Å². The first kappa shape index (κ1) is 17.6. The van der Waals surface area contributed by atoms with E-state index in [1.165, 1.54) is 0 Å². The summed E-state index contributed by atoms with van der Waals surface area (Å²) in [4.78, 5) is 22.5. The molecule has 0 aliphatic rings. The molecule has 0 aliphatic heterocycles. The van der Waals surface area contributed by atoms with Gasteiger partial charge in [-0.1, -0.05) is 37.3 Å². The number of carbonyl (C=O) groups is 1. The van der Waals surface area contributed by atoms with Gasteiger partial charge in [0.05, 0.1) is 5.56 Å². The fourth-order valence-electron chi connectivity index (χ4n) is 2.50. The number of rotatable bonds is 6. The molecule has 0 N–H and O–H groups in total. The van der Waals surface area contributed by atoms with Crippen LogP contribution in [-0.2, 0) is 13.0 Å². The van der Waals surface area contributed by atoms with E-state index >= 15 is 0 Å². The molecule has 132 valence electrons. The number of carbonyl (C=O) groups excluding carboxylic acids is 1. The minimum atomic E-state index is -0.0998. The summed E-state index contributed by atoms with van der Waals surface area (Å²) >= 11 is 0. The van der Waals surface area contributed by atoms with Crippen molar-refractivity contribution in [3.05, 3.63) is 83.9 Å². The number of aryl methyl sites for hydroxylation is 1. The Labute approximate surface area is 153 Å². The minimum Gasteiger partial charge on any atom is -0.457 e. The standard InChI is InChI=1S/C21H21N3O2/c1-3-20-22-13-17(14-23-20)21(25)24(2)15-16-9-11-19(12-10-16)26-18-7-5-4-6-8-18/h4-14H,3,15H2,1-2H3. The van der Waals surface area contributed by atoms with Crippen molar-refractivity contribution >= 4 is 5.91 Å². The Bertz CT molecular complexity index is 847. The van der Waals surface area contributed by atoms with Crippen LogP contribution in [0.15, 0.2) is 67.0 Å². The lowest BCUT2D eigenvalue weighted by molar-refractivity contribution is 0.0784. The van der Waals surface area contributed by atoms with Crippen molar-refractivity contribution in [3.63, 3.8) is 0 Å². The van der Waals surface area contributed by atoms with Gasteiger partial charge >= 0.3 is 0 Å². The van der Waals surface area contributed by atoms with Crippen molar-refractivity contribution in [2.75, 3.05) is 7.05 Å². The first-order valence-electron chi connectivity index (χ1n) is 8.54. The molecule has 0 aliphatic carbocycles. The zero-order valence-corrected chi connectivity index (χ0v) is 14.9. The van der Waals surface area contributed by atoms with E-state index in [4.69, 9.17) is 4.74 Å². The second kappa shape index (κ2) is 8.25. The van der Waals surface area contributed by atoms with Crippen LogP contribution in [0.1, 0.15) is 28.7 Å². The van der Waals surface area contributed by atoms with E-state index in [-0.39, 0.29) is 5.91 Å². The fourth-order valence-corrected chi connectivity index (χ4v) is 2.50. The summed E-state index contributed by atoms with van der Waals surface area (Å²) in [6, 6.07) is 17.3. The molecule has 5 heteroatoms. The minimum absolute atomic E-state index is 0.0998. The molecule has 0 spiro atoms. The lowest BCUT2D eigenvalue weighted by Crippen LogP contribution is -2.26. The van der Waals surface area contributed by atoms with Crippen LogP contribution in [0.3, 0.4) is 0 Å².